The standard InChI is InChI=1S/C12H10O2S.C7H8N4O5S/c1-14-12(13)11-7-10(8-15-11)9-5-3-2-4-6-9;1-15-4-3-5(16-2)9-6(8-4)10-7(12)11-17(13)14/h2-8H,1H3;3H,1-2H3,(H,8,9,10,12). The van der Waals surface area contributed by atoms with E-state index in [4.69, 9.17) is 9.47 Å². The molecule has 2 amide bonds. The number of rotatable bonds is 5. The summed E-state index contributed by atoms with van der Waals surface area (Å²) in [5.41, 5.74) is 2.17. The molecule has 0 radical (unpaired) electrons. The van der Waals surface area contributed by atoms with Gasteiger partial charge >= 0.3 is 22.5 Å². The first-order valence-corrected chi connectivity index (χ1v) is 10.6. The third-order valence-electron chi connectivity index (χ3n) is 3.57. The average molecular weight is 479 g/mol. The Kier molecular flexibility index (Phi) is 9.25. The monoisotopic (exact) mass is 478 g/mol. The molecule has 0 saturated carbocycles. The number of nitrogens with one attached hydrogen (secondary N) is 1. The van der Waals surface area contributed by atoms with Gasteiger partial charge in [-0.3, -0.25) is 5.32 Å². The molecule has 0 bridgehead atoms. The van der Waals surface area contributed by atoms with Crippen LogP contribution in [0.5, 0.6) is 11.8 Å². The van der Waals surface area contributed by atoms with Crippen LogP contribution in [0.4, 0.5) is 10.7 Å². The SMILES string of the molecule is COC(=O)c1cc(-c2ccccc2)cs1.COc1cc(OC)nc(NC(=O)N=S(=O)=O)n1. The van der Waals surface area contributed by atoms with Crippen molar-refractivity contribution in [2.24, 2.45) is 4.36 Å². The molecule has 2 heterocycles. The molecule has 0 unspecified atom stereocenters. The third kappa shape index (κ3) is 7.45. The molecule has 3 rings (SSSR count). The molecule has 0 atom stereocenters. The Bertz CT molecular complexity index is 1180. The molecule has 0 aliphatic carbocycles. The molecule has 1 aromatic carbocycles. The van der Waals surface area contributed by atoms with Crippen LogP contribution in [0.2, 0.25) is 0 Å². The molecule has 3 aromatic rings. The van der Waals surface area contributed by atoms with Crippen molar-refractivity contribution < 1.29 is 32.2 Å². The van der Waals surface area contributed by atoms with Gasteiger partial charge in [-0.05, 0) is 22.6 Å². The first kappa shape index (κ1) is 24.4. The van der Waals surface area contributed by atoms with Crippen LogP contribution in [-0.4, -0.2) is 51.7 Å². The lowest BCUT2D eigenvalue weighted by Gasteiger charge is -2.05. The van der Waals surface area contributed by atoms with Crippen molar-refractivity contribution in [2.45, 2.75) is 0 Å². The predicted octanol–water partition coefficient (Wildman–Crippen LogP) is 3.29. The van der Waals surface area contributed by atoms with Crippen molar-refractivity contribution in [3.05, 3.63) is 52.7 Å². The summed E-state index contributed by atoms with van der Waals surface area (Å²) in [6.07, 6.45) is 0. The number of benzene rings is 1. The number of anilines is 1. The minimum absolute atomic E-state index is 0.149. The van der Waals surface area contributed by atoms with Crippen LogP contribution < -0.4 is 14.8 Å². The number of carbonyl (C=O) groups excluding carboxylic acids is 2. The highest BCUT2D eigenvalue weighted by Crippen LogP contribution is 2.25. The van der Waals surface area contributed by atoms with Crippen molar-refractivity contribution in [3.8, 4) is 22.9 Å². The quantitative estimate of drug-likeness (QED) is 0.546. The van der Waals surface area contributed by atoms with E-state index in [0.717, 1.165) is 11.1 Å². The van der Waals surface area contributed by atoms with Gasteiger partial charge in [0.25, 0.3) is 0 Å². The van der Waals surface area contributed by atoms with E-state index >= 15 is 0 Å². The van der Waals surface area contributed by atoms with E-state index in [0.29, 0.717) is 4.88 Å². The van der Waals surface area contributed by atoms with Crippen molar-refractivity contribution in [3.63, 3.8) is 0 Å². The molecule has 11 nitrogen and oxygen atoms in total. The van der Waals surface area contributed by atoms with Gasteiger partial charge in [0.05, 0.1) is 27.4 Å². The Morgan fingerprint density at radius 3 is 2.12 bits per heavy atom. The number of thiophene rings is 1. The van der Waals surface area contributed by atoms with Crippen LogP contribution in [0.25, 0.3) is 11.1 Å². The molecule has 13 heteroatoms. The lowest BCUT2D eigenvalue weighted by molar-refractivity contribution is 0.0606. The van der Waals surface area contributed by atoms with Gasteiger partial charge in [0, 0.05) is 0 Å². The van der Waals surface area contributed by atoms with E-state index in [1.807, 2.05) is 47.1 Å². The number of carbonyl (C=O) groups is 2. The van der Waals surface area contributed by atoms with Crippen LogP contribution in [0.3, 0.4) is 0 Å². The Morgan fingerprint density at radius 1 is 0.969 bits per heavy atom. The third-order valence-corrected chi connectivity index (χ3v) is 4.79. The molecule has 0 aliphatic rings. The first-order valence-electron chi connectivity index (χ1n) is 8.67. The van der Waals surface area contributed by atoms with Crippen molar-refractivity contribution in [1.29, 1.82) is 0 Å². The van der Waals surface area contributed by atoms with E-state index in [1.165, 1.54) is 38.7 Å². The smallest absolute Gasteiger partial charge is 0.362 e. The van der Waals surface area contributed by atoms with E-state index in [-0.39, 0.29) is 23.7 Å². The van der Waals surface area contributed by atoms with Gasteiger partial charge in [-0.25, -0.2) is 9.59 Å². The maximum Gasteiger partial charge on any atom is 0.362 e. The number of hydrogen-bond donors (Lipinski definition) is 1. The summed E-state index contributed by atoms with van der Waals surface area (Å²) in [7, 11) is 1.29. The summed E-state index contributed by atoms with van der Waals surface area (Å²) in [6, 6.07) is 12.1. The summed E-state index contributed by atoms with van der Waals surface area (Å²) in [5, 5.41) is 4.00. The average Bonchev–Trinajstić information content (AvgIpc) is 3.29. The fourth-order valence-corrected chi connectivity index (χ4v) is 3.19. The predicted molar refractivity (Wildman–Crippen MR) is 117 cm³/mol. The summed E-state index contributed by atoms with van der Waals surface area (Å²) >= 11 is 1.40. The number of ether oxygens (including phenoxy) is 3. The summed E-state index contributed by atoms with van der Waals surface area (Å²) in [6.45, 7) is 0. The molecule has 0 saturated heterocycles. The minimum atomic E-state index is -2.84. The van der Waals surface area contributed by atoms with Gasteiger partial charge in [0.2, 0.25) is 17.7 Å². The zero-order valence-corrected chi connectivity index (χ0v) is 18.8. The maximum atomic E-state index is 11.2. The van der Waals surface area contributed by atoms with Gasteiger partial charge in [-0.1, -0.05) is 34.7 Å². The highest BCUT2D eigenvalue weighted by atomic mass is 32.2. The topological polar surface area (TPSA) is 146 Å². The Morgan fingerprint density at radius 2 is 1.59 bits per heavy atom. The molecular formula is C19H18N4O7S2. The van der Waals surface area contributed by atoms with Crippen LogP contribution in [0.1, 0.15) is 9.67 Å². The Hall–Kier alpha value is -3.84. The van der Waals surface area contributed by atoms with Crippen molar-refractivity contribution in [1.82, 2.24) is 9.97 Å². The highest BCUT2D eigenvalue weighted by molar-refractivity contribution is 7.62. The van der Waals surface area contributed by atoms with Gasteiger partial charge < -0.3 is 14.2 Å². The number of nitrogens with zero attached hydrogens (tertiary/aromatic N) is 3. The van der Waals surface area contributed by atoms with E-state index in [9.17, 15) is 18.0 Å². The van der Waals surface area contributed by atoms with Crippen LogP contribution in [0.15, 0.2) is 52.2 Å². The summed E-state index contributed by atoms with van der Waals surface area (Å²) in [4.78, 5) is 30.4. The fourth-order valence-electron chi connectivity index (χ4n) is 2.18. The fraction of sp³-hybridized carbons (Fsp3) is 0.158. The molecule has 1 N–H and O–H groups in total. The molecule has 0 aliphatic heterocycles. The second kappa shape index (κ2) is 12.1. The van der Waals surface area contributed by atoms with Crippen LogP contribution >= 0.6 is 11.3 Å². The van der Waals surface area contributed by atoms with Gasteiger partial charge in [0.1, 0.15) is 4.88 Å². The first-order chi connectivity index (χ1) is 15.4. The molecule has 0 spiro atoms. The van der Waals surface area contributed by atoms with Gasteiger partial charge in [-0.2, -0.15) is 18.4 Å². The summed E-state index contributed by atoms with van der Waals surface area (Å²) in [5.74, 6) is -0.159. The summed E-state index contributed by atoms with van der Waals surface area (Å²) < 4.78 is 37.3. The van der Waals surface area contributed by atoms with E-state index in [1.54, 1.807) is 0 Å². The van der Waals surface area contributed by atoms with Gasteiger partial charge in [-0.15, -0.1) is 11.3 Å². The molecule has 32 heavy (non-hydrogen) atoms. The number of hydrogen-bond acceptors (Lipinski definition) is 10. The maximum absolute atomic E-state index is 11.2. The number of methoxy groups -OCH3 is 3. The number of urea groups is 1. The number of amides is 2. The van der Waals surface area contributed by atoms with E-state index < -0.39 is 16.5 Å². The molecule has 0 fully saturated rings. The highest BCUT2D eigenvalue weighted by Gasteiger charge is 2.10. The minimum Gasteiger partial charge on any atom is -0.481 e. The molecule has 168 valence electrons. The second-order valence-corrected chi connectivity index (χ2v) is 7.10. The number of esters is 1. The molecule has 2 aromatic heterocycles. The van der Waals surface area contributed by atoms with Crippen molar-refractivity contribution in [2.75, 3.05) is 26.6 Å². The Labute approximate surface area is 188 Å². The normalized spacial score (nSPS) is 9.59. The van der Waals surface area contributed by atoms with Gasteiger partial charge in [0.15, 0.2) is 0 Å². The largest absolute Gasteiger partial charge is 0.481 e. The zero-order valence-electron chi connectivity index (χ0n) is 17.1. The number of aromatic nitrogens is 2. The van der Waals surface area contributed by atoms with Crippen LogP contribution in [-0.2, 0) is 15.2 Å². The molecular weight excluding hydrogens is 460 g/mol. The Balaban J connectivity index is 0.000000228. The van der Waals surface area contributed by atoms with E-state index in [2.05, 4.69) is 19.1 Å². The van der Waals surface area contributed by atoms with Crippen molar-refractivity contribution >= 4 is 39.8 Å². The zero-order chi connectivity index (χ0) is 23.5. The second-order valence-electron chi connectivity index (χ2n) is 5.57. The lowest BCUT2D eigenvalue weighted by Crippen LogP contribution is -2.10. The lowest BCUT2D eigenvalue weighted by atomic mass is 10.1. The van der Waals surface area contributed by atoms with Crippen LogP contribution in [0, 0.1) is 0 Å².